The van der Waals surface area contributed by atoms with Crippen molar-refractivity contribution in [2.75, 3.05) is 24.9 Å². The molecular formula is C17H18FN5O4S2. The van der Waals surface area contributed by atoms with Crippen LogP contribution in [0.15, 0.2) is 46.3 Å². The van der Waals surface area contributed by atoms with Crippen LogP contribution in [-0.4, -0.2) is 49.4 Å². The summed E-state index contributed by atoms with van der Waals surface area (Å²) in [5, 5.41) is 8.21. The standard InChI is InChI=1S/C17H18FN5O4S2/c1-22(2)29(25,26)23(13-7-4-3-6-12(13)18)11-15(24)19-10-16-20-17(21-27-16)14-8-5-9-28-14/h3-9H,10-11H2,1-2H3,(H,19,24). The minimum absolute atomic E-state index is 0.0929. The van der Waals surface area contributed by atoms with E-state index in [1.807, 2.05) is 17.5 Å². The summed E-state index contributed by atoms with van der Waals surface area (Å²) >= 11 is 1.44. The zero-order valence-electron chi connectivity index (χ0n) is 15.6. The van der Waals surface area contributed by atoms with Crippen molar-refractivity contribution < 1.29 is 22.1 Å². The molecule has 154 valence electrons. The third kappa shape index (κ3) is 4.78. The molecule has 0 spiro atoms. The van der Waals surface area contributed by atoms with Crippen LogP contribution in [0.4, 0.5) is 10.1 Å². The van der Waals surface area contributed by atoms with Gasteiger partial charge in [0, 0.05) is 14.1 Å². The van der Waals surface area contributed by atoms with Gasteiger partial charge in [-0.1, -0.05) is 23.4 Å². The first-order valence-corrected chi connectivity index (χ1v) is 10.6. The molecular weight excluding hydrogens is 421 g/mol. The Morgan fingerprint density at radius 1 is 1.24 bits per heavy atom. The maximum Gasteiger partial charge on any atom is 0.304 e. The number of halogens is 1. The van der Waals surface area contributed by atoms with Crippen LogP contribution in [0.25, 0.3) is 10.7 Å². The second-order valence-corrected chi connectivity index (χ2v) is 9.03. The van der Waals surface area contributed by atoms with E-state index in [1.54, 1.807) is 0 Å². The average Bonchev–Trinajstić information content (AvgIpc) is 3.36. The Balaban J connectivity index is 1.71. The average molecular weight is 439 g/mol. The summed E-state index contributed by atoms with van der Waals surface area (Å²) in [6, 6.07) is 9.00. The molecule has 1 N–H and O–H groups in total. The second-order valence-electron chi connectivity index (χ2n) is 6.01. The number of amides is 1. The molecule has 0 saturated heterocycles. The summed E-state index contributed by atoms with van der Waals surface area (Å²) in [6.07, 6.45) is 0. The first kappa shape index (κ1) is 20.9. The van der Waals surface area contributed by atoms with E-state index < -0.39 is 28.5 Å². The van der Waals surface area contributed by atoms with E-state index in [0.717, 1.165) is 15.2 Å². The third-order valence-corrected chi connectivity index (χ3v) is 6.47. The number of carbonyl (C=O) groups excluding carboxylic acids is 1. The van der Waals surface area contributed by atoms with Crippen molar-refractivity contribution in [3.63, 3.8) is 0 Å². The number of carbonyl (C=O) groups is 1. The summed E-state index contributed by atoms with van der Waals surface area (Å²) in [4.78, 5) is 17.4. The van der Waals surface area contributed by atoms with Gasteiger partial charge in [0.15, 0.2) is 0 Å². The number of aromatic nitrogens is 2. The quantitative estimate of drug-likeness (QED) is 0.574. The highest BCUT2D eigenvalue weighted by atomic mass is 32.2. The fraction of sp³-hybridized carbons (Fsp3) is 0.235. The van der Waals surface area contributed by atoms with Gasteiger partial charge in [0.05, 0.1) is 17.1 Å². The Morgan fingerprint density at radius 3 is 2.66 bits per heavy atom. The molecule has 0 atom stereocenters. The van der Waals surface area contributed by atoms with Gasteiger partial charge in [0.25, 0.3) is 0 Å². The van der Waals surface area contributed by atoms with Crippen LogP contribution >= 0.6 is 11.3 Å². The highest BCUT2D eigenvalue weighted by molar-refractivity contribution is 7.90. The maximum atomic E-state index is 14.2. The van der Waals surface area contributed by atoms with Crippen molar-refractivity contribution >= 4 is 33.1 Å². The van der Waals surface area contributed by atoms with Crippen LogP contribution in [0.3, 0.4) is 0 Å². The minimum atomic E-state index is -4.10. The molecule has 9 nitrogen and oxygen atoms in total. The van der Waals surface area contributed by atoms with Gasteiger partial charge in [-0.25, -0.2) is 8.70 Å². The number of anilines is 1. The van der Waals surface area contributed by atoms with E-state index >= 15 is 0 Å². The Morgan fingerprint density at radius 2 is 2.00 bits per heavy atom. The molecule has 0 bridgehead atoms. The van der Waals surface area contributed by atoms with E-state index in [2.05, 4.69) is 15.5 Å². The number of benzene rings is 1. The zero-order valence-corrected chi connectivity index (χ0v) is 17.2. The third-order valence-electron chi connectivity index (χ3n) is 3.79. The Bertz CT molecular complexity index is 1080. The molecule has 1 aromatic carbocycles. The molecule has 0 unspecified atom stereocenters. The molecule has 0 saturated carbocycles. The summed E-state index contributed by atoms with van der Waals surface area (Å²) in [7, 11) is -1.51. The fourth-order valence-corrected chi connectivity index (χ4v) is 4.06. The van der Waals surface area contributed by atoms with Gasteiger partial charge in [-0.2, -0.15) is 17.7 Å². The Kier molecular flexibility index (Phi) is 6.25. The molecule has 3 rings (SSSR count). The molecule has 0 aliphatic carbocycles. The van der Waals surface area contributed by atoms with E-state index in [-0.39, 0.29) is 18.1 Å². The highest BCUT2D eigenvalue weighted by Gasteiger charge is 2.29. The number of para-hydroxylation sites is 1. The largest absolute Gasteiger partial charge is 0.345 e. The molecule has 3 aromatic rings. The molecule has 2 heterocycles. The van der Waals surface area contributed by atoms with Gasteiger partial charge in [-0.3, -0.25) is 4.79 Å². The summed E-state index contributed by atoms with van der Waals surface area (Å²) < 4.78 is 46.1. The number of thiophene rings is 1. The van der Waals surface area contributed by atoms with E-state index in [4.69, 9.17) is 4.52 Å². The lowest BCUT2D eigenvalue weighted by Gasteiger charge is -2.27. The van der Waals surface area contributed by atoms with Gasteiger partial charge in [0.1, 0.15) is 12.4 Å². The van der Waals surface area contributed by atoms with Gasteiger partial charge in [-0.15, -0.1) is 11.3 Å². The number of hydrogen-bond acceptors (Lipinski definition) is 7. The Hall–Kier alpha value is -2.83. The molecule has 0 radical (unpaired) electrons. The van der Waals surface area contributed by atoms with Crippen LogP contribution in [-0.2, 0) is 21.5 Å². The van der Waals surface area contributed by atoms with Gasteiger partial charge >= 0.3 is 10.2 Å². The monoisotopic (exact) mass is 439 g/mol. The molecule has 0 aliphatic heterocycles. The van der Waals surface area contributed by atoms with Gasteiger partial charge in [0.2, 0.25) is 17.6 Å². The first-order chi connectivity index (χ1) is 13.8. The molecule has 2 aromatic heterocycles. The summed E-state index contributed by atoms with van der Waals surface area (Å²) in [5.41, 5.74) is -0.228. The molecule has 0 fully saturated rings. The second kappa shape index (κ2) is 8.68. The van der Waals surface area contributed by atoms with Crippen molar-refractivity contribution in [1.29, 1.82) is 0 Å². The lowest BCUT2D eigenvalue weighted by Crippen LogP contribution is -2.46. The molecule has 1 amide bonds. The predicted molar refractivity (Wildman–Crippen MR) is 106 cm³/mol. The zero-order chi connectivity index (χ0) is 21.0. The van der Waals surface area contributed by atoms with Gasteiger partial charge in [-0.05, 0) is 23.6 Å². The number of nitrogens with one attached hydrogen (secondary N) is 1. The summed E-state index contributed by atoms with van der Waals surface area (Å²) in [5.74, 6) is -0.861. The first-order valence-electron chi connectivity index (χ1n) is 8.37. The van der Waals surface area contributed by atoms with Crippen molar-refractivity contribution in [2.45, 2.75) is 6.54 Å². The molecule has 0 aliphatic rings. The Labute approximate surface area is 170 Å². The van der Waals surface area contributed by atoms with Crippen LogP contribution < -0.4 is 9.62 Å². The number of rotatable bonds is 8. The fourth-order valence-electron chi connectivity index (χ4n) is 2.34. The van der Waals surface area contributed by atoms with E-state index in [0.29, 0.717) is 10.1 Å². The lowest BCUT2D eigenvalue weighted by atomic mass is 10.3. The van der Waals surface area contributed by atoms with Crippen LogP contribution in [0, 0.1) is 5.82 Å². The van der Waals surface area contributed by atoms with Crippen molar-refractivity contribution in [2.24, 2.45) is 0 Å². The van der Waals surface area contributed by atoms with E-state index in [9.17, 15) is 17.6 Å². The SMILES string of the molecule is CN(C)S(=O)(=O)N(CC(=O)NCc1nc(-c2cccs2)no1)c1ccccc1F. The topological polar surface area (TPSA) is 109 Å². The minimum Gasteiger partial charge on any atom is -0.345 e. The molecule has 29 heavy (non-hydrogen) atoms. The van der Waals surface area contributed by atoms with Crippen molar-refractivity contribution in [3.8, 4) is 10.7 Å². The van der Waals surface area contributed by atoms with Crippen LogP contribution in [0.2, 0.25) is 0 Å². The maximum absolute atomic E-state index is 14.2. The predicted octanol–water partition coefficient (Wildman–Crippen LogP) is 1.87. The normalized spacial score (nSPS) is 11.6. The van der Waals surface area contributed by atoms with Crippen LogP contribution in [0.1, 0.15) is 5.89 Å². The van der Waals surface area contributed by atoms with Crippen LogP contribution in [0.5, 0.6) is 0 Å². The highest BCUT2D eigenvalue weighted by Crippen LogP contribution is 2.23. The lowest BCUT2D eigenvalue weighted by molar-refractivity contribution is -0.119. The summed E-state index contributed by atoms with van der Waals surface area (Å²) in [6.45, 7) is -0.711. The van der Waals surface area contributed by atoms with Gasteiger partial charge < -0.3 is 9.84 Å². The van der Waals surface area contributed by atoms with E-state index in [1.165, 1.54) is 43.6 Å². The molecule has 12 heteroatoms. The van der Waals surface area contributed by atoms with Crippen molar-refractivity contribution in [1.82, 2.24) is 19.8 Å². The van der Waals surface area contributed by atoms with Crippen molar-refractivity contribution in [3.05, 3.63) is 53.5 Å². The smallest absolute Gasteiger partial charge is 0.304 e. The number of nitrogens with zero attached hydrogens (tertiary/aromatic N) is 4. The number of hydrogen-bond donors (Lipinski definition) is 1.